The molecule has 2 rings (SSSR count). The number of furan rings is 1. The van der Waals surface area contributed by atoms with E-state index in [1.54, 1.807) is 0 Å². The summed E-state index contributed by atoms with van der Waals surface area (Å²) >= 11 is 0. The van der Waals surface area contributed by atoms with E-state index in [2.05, 4.69) is 30.1 Å². The van der Waals surface area contributed by atoms with Crippen molar-refractivity contribution in [2.24, 2.45) is 0 Å². The lowest BCUT2D eigenvalue weighted by atomic mass is 10.2. The fraction of sp³-hybridized carbons (Fsp3) is 0.714. The molecule has 96 valence electrons. The van der Waals surface area contributed by atoms with Gasteiger partial charge in [-0.2, -0.15) is 0 Å². The van der Waals surface area contributed by atoms with E-state index in [9.17, 15) is 0 Å². The molecule has 0 amide bonds. The minimum Gasteiger partial charge on any atom is -0.465 e. The van der Waals surface area contributed by atoms with Gasteiger partial charge in [0.15, 0.2) is 0 Å². The van der Waals surface area contributed by atoms with Crippen LogP contribution in [0.3, 0.4) is 0 Å². The molecule has 1 fully saturated rings. The highest BCUT2D eigenvalue weighted by atomic mass is 16.3. The van der Waals surface area contributed by atoms with Crippen LogP contribution in [-0.4, -0.2) is 30.6 Å². The summed E-state index contributed by atoms with van der Waals surface area (Å²) in [5.74, 6) is 2.04. The Bertz CT molecular complexity index is 348. The van der Waals surface area contributed by atoms with E-state index >= 15 is 0 Å². The third-order valence-corrected chi connectivity index (χ3v) is 3.75. The number of hydrogen-bond donors (Lipinski definition) is 1. The Morgan fingerprint density at radius 3 is 3.00 bits per heavy atom. The molecule has 0 saturated carbocycles. The van der Waals surface area contributed by atoms with Crippen LogP contribution in [-0.2, 0) is 0 Å². The molecule has 0 bridgehead atoms. The third-order valence-electron chi connectivity index (χ3n) is 3.75. The fourth-order valence-corrected chi connectivity index (χ4v) is 2.64. The van der Waals surface area contributed by atoms with Crippen molar-refractivity contribution in [1.29, 1.82) is 0 Å². The Kier molecular flexibility index (Phi) is 4.24. The summed E-state index contributed by atoms with van der Waals surface area (Å²) in [5, 5.41) is 3.58. The minimum absolute atomic E-state index is 0.308. The molecule has 2 heterocycles. The Morgan fingerprint density at radius 2 is 2.35 bits per heavy atom. The number of likely N-dealkylation sites (tertiary alicyclic amines) is 1. The molecule has 2 atom stereocenters. The summed E-state index contributed by atoms with van der Waals surface area (Å²) in [6.07, 6.45) is 2.67. The van der Waals surface area contributed by atoms with Crippen LogP contribution in [0.25, 0.3) is 0 Å². The molecular formula is C14H24N2O. The molecule has 3 nitrogen and oxygen atoms in total. The molecule has 1 aliphatic heterocycles. The van der Waals surface area contributed by atoms with E-state index < -0.39 is 0 Å². The van der Waals surface area contributed by atoms with Gasteiger partial charge in [0.25, 0.3) is 0 Å². The van der Waals surface area contributed by atoms with Gasteiger partial charge in [0.1, 0.15) is 11.5 Å². The third kappa shape index (κ3) is 3.11. The smallest absolute Gasteiger partial charge is 0.120 e. The van der Waals surface area contributed by atoms with Crippen LogP contribution in [0.1, 0.15) is 44.3 Å². The number of nitrogens with one attached hydrogen (secondary N) is 1. The van der Waals surface area contributed by atoms with Gasteiger partial charge in [0.05, 0.1) is 6.04 Å². The van der Waals surface area contributed by atoms with Crippen molar-refractivity contribution in [1.82, 2.24) is 10.2 Å². The highest BCUT2D eigenvalue weighted by Gasteiger charge is 2.23. The SMILES string of the molecule is CCN1CCCC1CNC(C)c1ccc(C)o1. The summed E-state index contributed by atoms with van der Waals surface area (Å²) in [4.78, 5) is 2.56. The van der Waals surface area contributed by atoms with E-state index in [1.807, 2.05) is 13.0 Å². The van der Waals surface area contributed by atoms with Crippen LogP contribution < -0.4 is 5.32 Å². The zero-order chi connectivity index (χ0) is 12.3. The lowest BCUT2D eigenvalue weighted by molar-refractivity contribution is 0.251. The predicted octanol–water partition coefficient (Wildman–Crippen LogP) is 2.72. The molecule has 3 heteroatoms. The topological polar surface area (TPSA) is 28.4 Å². The van der Waals surface area contributed by atoms with Gasteiger partial charge < -0.3 is 9.73 Å². The highest BCUT2D eigenvalue weighted by Crippen LogP contribution is 2.19. The Morgan fingerprint density at radius 1 is 1.53 bits per heavy atom. The molecule has 0 aliphatic carbocycles. The monoisotopic (exact) mass is 236 g/mol. The summed E-state index contributed by atoms with van der Waals surface area (Å²) in [6.45, 7) is 9.90. The Balaban J connectivity index is 1.81. The molecule has 1 saturated heterocycles. The second-order valence-electron chi connectivity index (χ2n) is 5.00. The molecule has 17 heavy (non-hydrogen) atoms. The zero-order valence-corrected chi connectivity index (χ0v) is 11.2. The van der Waals surface area contributed by atoms with E-state index in [4.69, 9.17) is 4.42 Å². The molecule has 1 aliphatic rings. The number of rotatable bonds is 5. The van der Waals surface area contributed by atoms with Crippen LogP contribution >= 0.6 is 0 Å². The van der Waals surface area contributed by atoms with E-state index in [0.717, 1.165) is 18.1 Å². The average molecular weight is 236 g/mol. The standard InChI is InChI=1S/C14H24N2O/c1-4-16-9-5-6-13(16)10-15-12(3)14-8-7-11(2)17-14/h7-8,12-13,15H,4-6,9-10H2,1-3H3. The van der Waals surface area contributed by atoms with Gasteiger partial charge in [0.2, 0.25) is 0 Å². The van der Waals surface area contributed by atoms with Gasteiger partial charge in [-0.15, -0.1) is 0 Å². The maximum absolute atomic E-state index is 5.64. The summed E-state index contributed by atoms with van der Waals surface area (Å²) < 4.78 is 5.64. The average Bonchev–Trinajstić information content (AvgIpc) is 2.94. The first kappa shape index (κ1) is 12.7. The van der Waals surface area contributed by atoms with E-state index in [0.29, 0.717) is 12.1 Å². The van der Waals surface area contributed by atoms with Crippen LogP contribution in [0.2, 0.25) is 0 Å². The van der Waals surface area contributed by atoms with Gasteiger partial charge in [-0.05, 0) is 51.9 Å². The van der Waals surface area contributed by atoms with Gasteiger partial charge in [-0.1, -0.05) is 6.92 Å². The maximum atomic E-state index is 5.64. The highest BCUT2D eigenvalue weighted by molar-refractivity contribution is 5.08. The van der Waals surface area contributed by atoms with Crippen molar-refractivity contribution in [3.05, 3.63) is 23.7 Å². The summed E-state index contributed by atoms with van der Waals surface area (Å²) in [5.41, 5.74) is 0. The second kappa shape index (κ2) is 5.69. The molecule has 0 aromatic carbocycles. The van der Waals surface area contributed by atoms with Crippen molar-refractivity contribution in [2.45, 2.75) is 45.7 Å². The largest absolute Gasteiger partial charge is 0.465 e. The number of aryl methyl sites for hydroxylation is 1. The number of likely N-dealkylation sites (N-methyl/N-ethyl adjacent to an activating group) is 1. The molecular weight excluding hydrogens is 212 g/mol. The molecule has 1 aromatic rings. The lowest BCUT2D eigenvalue weighted by Gasteiger charge is -2.24. The zero-order valence-electron chi connectivity index (χ0n) is 11.2. The van der Waals surface area contributed by atoms with Crippen LogP contribution in [0.5, 0.6) is 0 Å². The van der Waals surface area contributed by atoms with Crippen LogP contribution in [0, 0.1) is 6.92 Å². The van der Waals surface area contributed by atoms with Gasteiger partial charge in [0, 0.05) is 12.6 Å². The normalized spacial score (nSPS) is 23.1. The van der Waals surface area contributed by atoms with Gasteiger partial charge >= 0.3 is 0 Å². The second-order valence-corrected chi connectivity index (χ2v) is 5.00. The first-order valence-corrected chi connectivity index (χ1v) is 6.74. The van der Waals surface area contributed by atoms with Crippen molar-refractivity contribution in [2.75, 3.05) is 19.6 Å². The molecule has 0 radical (unpaired) electrons. The quantitative estimate of drug-likeness (QED) is 0.852. The predicted molar refractivity (Wildman–Crippen MR) is 70.1 cm³/mol. The van der Waals surface area contributed by atoms with Crippen LogP contribution in [0.4, 0.5) is 0 Å². The lowest BCUT2D eigenvalue weighted by Crippen LogP contribution is -2.38. The molecule has 0 spiro atoms. The van der Waals surface area contributed by atoms with E-state index in [1.165, 1.54) is 25.9 Å². The Labute approximate surface area is 104 Å². The van der Waals surface area contributed by atoms with Crippen molar-refractivity contribution in [3.63, 3.8) is 0 Å². The van der Waals surface area contributed by atoms with Crippen molar-refractivity contribution in [3.8, 4) is 0 Å². The first-order valence-electron chi connectivity index (χ1n) is 6.74. The summed E-state index contributed by atoms with van der Waals surface area (Å²) in [7, 11) is 0. The Hall–Kier alpha value is -0.800. The fourth-order valence-electron chi connectivity index (χ4n) is 2.64. The van der Waals surface area contributed by atoms with Crippen molar-refractivity contribution >= 4 is 0 Å². The van der Waals surface area contributed by atoms with Crippen LogP contribution in [0.15, 0.2) is 16.5 Å². The first-order chi connectivity index (χ1) is 8.20. The summed E-state index contributed by atoms with van der Waals surface area (Å²) in [6, 6.07) is 5.11. The maximum Gasteiger partial charge on any atom is 0.120 e. The van der Waals surface area contributed by atoms with Crippen molar-refractivity contribution < 1.29 is 4.42 Å². The minimum atomic E-state index is 0.308. The van der Waals surface area contributed by atoms with E-state index in [-0.39, 0.29) is 0 Å². The van der Waals surface area contributed by atoms with Gasteiger partial charge in [-0.3, -0.25) is 4.90 Å². The van der Waals surface area contributed by atoms with Gasteiger partial charge in [-0.25, -0.2) is 0 Å². The molecule has 1 N–H and O–H groups in total. The number of hydrogen-bond acceptors (Lipinski definition) is 3. The number of nitrogens with zero attached hydrogens (tertiary/aromatic N) is 1. The molecule has 2 unspecified atom stereocenters. The molecule has 1 aromatic heterocycles.